The number of hydrogen-bond donors (Lipinski definition) is 1. The Bertz CT molecular complexity index is 814. The highest BCUT2D eigenvalue weighted by atomic mass is 32.1. The zero-order valence-corrected chi connectivity index (χ0v) is 17.7. The van der Waals surface area contributed by atoms with Crippen molar-refractivity contribution in [2.75, 3.05) is 33.4 Å². The molecule has 0 unspecified atom stereocenters. The van der Waals surface area contributed by atoms with E-state index in [2.05, 4.69) is 10.3 Å². The van der Waals surface area contributed by atoms with Gasteiger partial charge in [0.2, 0.25) is 5.91 Å². The second kappa shape index (κ2) is 10.2. The van der Waals surface area contributed by atoms with E-state index in [0.29, 0.717) is 38.2 Å². The summed E-state index contributed by atoms with van der Waals surface area (Å²) < 4.78 is 10.7. The van der Waals surface area contributed by atoms with Crippen molar-refractivity contribution in [1.29, 1.82) is 0 Å². The van der Waals surface area contributed by atoms with Crippen LogP contribution in [0.5, 0.6) is 11.5 Å². The molecule has 1 N–H and O–H groups in total. The number of piperidine rings is 1. The molecule has 0 saturated carbocycles. The molecule has 3 rings (SSSR count). The highest BCUT2D eigenvalue weighted by Crippen LogP contribution is 2.19. The average molecular weight is 418 g/mol. The maximum atomic E-state index is 12.4. The first-order valence-electron chi connectivity index (χ1n) is 9.78. The molecule has 1 aromatic heterocycles. The summed E-state index contributed by atoms with van der Waals surface area (Å²) >= 11 is 1.62. The summed E-state index contributed by atoms with van der Waals surface area (Å²) in [5, 5.41) is 6.07. The molecule has 29 heavy (non-hydrogen) atoms. The summed E-state index contributed by atoms with van der Waals surface area (Å²) in [6.45, 7) is 3.72. The van der Waals surface area contributed by atoms with E-state index in [9.17, 15) is 9.59 Å². The molecule has 2 heterocycles. The standard InChI is InChI=1S/C21H27N3O4S/c1-15-23-17(14-29-15)7-10-22-21(26)16-8-11-24(12-9-16)20(25)13-28-19-5-3-18(27-2)4-6-19/h3-6,14,16H,7-13H2,1-2H3,(H,22,26). The molecule has 0 radical (unpaired) electrons. The van der Waals surface area contributed by atoms with E-state index in [4.69, 9.17) is 9.47 Å². The van der Waals surface area contributed by atoms with Gasteiger partial charge in [-0.2, -0.15) is 0 Å². The van der Waals surface area contributed by atoms with Crippen molar-refractivity contribution in [3.63, 3.8) is 0 Å². The number of ether oxygens (including phenoxy) is 2. The number of carbonyl (C=O) groups is 2. The summed E-state index contributed by atoms with van der Waals surface area (Å²) in [4.78, 5) is 30.9. The van der Waals surface area contributed by atoms with Crippen LogP contribution in [0.25, 0.3) is 0 Å². The van der Waals surface area contributed by atoms with Gasteiger partial charge in [0.1, 0.15) is 11.5 Å². The smallest absolute Gasteiger partial charge is 0.260 e. The Labute approximate surface area is 175 Å². The second-order valence-corrected chi connectivity index (χ2v) is 8.08. The van der Waals surface area contributed by atoms with Crippen LogP contribution in [0.3, 0.4) is 0 Å². The molecular formula is C21H27N3O4S. The molecule has 1 saturated heterocycles. The number of likely N-dealkylation sites (tertiary alicyclic amines) is 1. The van der Waals surface area contributed by atoms with E-state index >= 15 is 0 Å². The lowest BCUT2D eigenvalue weighted by atomic mass is 9.96. The van der Waals surface area contributed by atoms with Crippen LogP contribution >= 0.6 is 11.3 Å². The van der Waals surface area contributed by atoms with Crippen LogP contribution in [0.1, 0.15) is 23.5 Å². The van der Waals surface area contributed by atoms with Gasteiger partial charge in [0.15, 0.2) is 6.61 Å². The maximum absolute atomic E-state index is 12.4. The quantitative estimate of drug-likeness (QED) is 0.714. The molecule has 2 amide bonds. The molecule has 8 heteroatoms. The van der Waals surface area contributed by atoms with E-state index in [0.717, 1.165) is 22.9 Å². The first-order valence-corrected chi connectivity index (χ1v) is 10.7. The normalized spacial score (nSPS) is 14.5. The van der Waals surface area contributed by atoms with Crippen molar-refractivity contribution >= 4 is 23.2 Å². The van der Waals surface area contributed by atoms with Crippen LogP contribution in [-0.4, -0.2) is 55.0 Å². The molecule has 1 aromatic carbocycles. The number of nitrogens with one attached hydrogen (secondary N) is 1. The fourth-order valence-electron chi connectivity index (χ4n) is 3.28. The minimum Gasteiger partial charge on any atom is -0.497 e. The van der Waals surface area contributed by atoms with Gasteiger partial charge in [-0.3, -0.25) is 9.59 Å². The molecule has 0 spiro atoms. The molecule has 156 valence electrons. The summed E-state index contributed by atoms with van der Waals surface area (Å²) in [5.41, 5.74) is 1.02. The lowest BCUT2D eigenvalue weighted by Gasteiger charge is -2.31. The van der Waals surface area contributed by atoms with Gasteiger partial charge in [0.05, 0.1) is 17.8 Å². The number of thiazole rings is 1. The van der Waals surface area contributed by atoms with E-state index in [1.54, 1.807) is 47.6 Å². The summed E-state index contributed by atoms with van der Waals surface area (Å²) in [6.07, 6.45) is 2.10. The molecule has 1 aliphatic heterocycles. The SMILES string of the molecule is COc1ccc(OCC(=O)N2CCC(C(=O)NCCc3csc(C)n3)CC2)cc1. The van der Waals surface area contributed by atoms with Crippen molar-refractivity contribution in [2.24, 2.45) is 5.92 Å². The first kappa shape index (κ1) is 21.1. The highest BCUT2D eigenvalue weighted by Gasteiger charge is 2.27. The predicted octanol–water partition coefficient (Wildman–Crippen LogP) is 2.44. The van der Waals surface area contributed by atoms with Gasteiger partial charge >= 0.3 is 0 Å². The van der Waals surface area contributed by atoms with E-state index < -0.39 is 0 Å². The number of rotatable bonds is 8. The largest absolute Gasteiger partial charge is 0.497 e. The minimum atomic E-state index is -0.0569. The Kier molecular flexibility index (Phi) is 7.46. The maximum Gasteiger partial charge on any atom is 0.260 e. The van der Waals surface area contributed by atoms with Crippen molar-refractivity contribution in [3.05, 3.63) is 40.3 Å². The zero-order chi connectivity index (χ0) is 20.6. The van der Waals surface area contributed by atoms with Gasteiger partial charge < -0.3 is 19.7 Å². The number of carbonyl (C=O) groups excluding carboxylic acids is 2. The third-order valence-corrected chi connectivity index (χ3v) is 5.81. The third kappa shape index (κ3) is 6.19. The average Bonchev–Trinajstić information content (AvgIpc) is 3.17. The summed E-state index contributed by atoms with van der Waals surface area (Å²) in [5.74, 6) is 1.34. The Morgan fingerprint density at radius 1 is 1.21 bits per heavy atom. The zero-order valence-electron chi connectivity index (χ0n) is 16.8. The predicted molar refractivity (Wildman–Crippen MR) is 111 cm³/mol. The number of benzene rings is 1. The van der Waals surface area contributed by atoms with Gasteiger partial charge in [0.25, 0.3) is 5.91 Å². The van der Waals surface area contributed by atoms with Crippen molar-refractivity contribution < 1.29 is 19.1 Å². The van der Waals surface area contributed by atoms with Crippen LogP contribution in [0, 0.1) is 12.8 Å². The van der Waals surface area contributed by atoms with Gasteiger partial charge in [-0.25, -0.2) is 4.98 Å². The van der Waals surface area contributed by atoms with E-state index in [-0.39, 0.29) is 24.3 Å². The minimum absolute atomic E-state index is 0.00372. The van der Waals surface area contributed by atoms with Gasteiger partial charge in [-0.1, -0.05) is 0 Å². The van der Waals surface area contributed by atoms with Crippen LogP contribution in [-0.2, 0) is 16.0 Å². The van der Waals surface area contributed by atoms with Crippen LogP contribution in [0.15, 0.2) is 29.6 Å². The molecule has 1 fully saturated rings. The lowest BCUT2D eigenvalue weighted by molar-refractivity contribution is -0.137. The number of aryl methyl sites for hydroxylation is 1. The summed E-state index contributed by atoms with van der Waals surface area (Å²) in [7, 11) is 1.60. The van der Waals surface area contributed by atoms with Crippen molar-refractivity contribution in [2.45, 2.75) is 26.2 Å². The lowest BCUT2D eigenvalue weighted by Crippen LogP contribution is -2.44. The fraction of sp³-hybridized carbons (Fsp3) is 0.476. The number of methoxy groups -OCH3 is 1. The number of aromatic nitrogens is 1. The van der Waals surface area contributed by atoms with Crippen LogP contribution in [0.2, 0.25) is 0 Å². The number of hydrogen-bond acceptors (Lipinski definition) is 6. The molecule has 2 aromatic rings. The first-order chi connectivity index (χ1) is 14.0. The molecule has 0 bridgehead atoms. The van der Waals surface area contributed by atoms with Gasteiger partial charge in [0, 0.05) is 37.4 Å². The Morgan fingerprint density at radius 2 is 1.90 bits per heavy atom. The Hall–Kier alpha value is -2.61. The second-order valence-electron chi connectivity index (χ2n) is 7.02. The third-order valence-electron chi connectivity index (χ3n) is 4.99. The number of amides is 2. The van der Waals surface area contributed by atoms with Crippen LogP contribution < -0.4 is 14.8 Å². The van der Waals surface area contributed by atoms with Gasteiger partial charge in [-0.15, -0.1) is 11.3 Å². The highest BCUT2D eigenvalue weighted by molar-refractivity contribution is 7.09. The van der Waals surface area contributed by atoms with Crippen molar-refractivity contribution in [1.82, 2.24) is 15.2 Å². The molecule has 1 aliphatic rings. The van der Waals surface area contributed by atoms with E-state index in [1.807, 2.05) is 12.3 Å². The van der Waals surface area contributed by atoms with Crippen molar-refractivity contribution in [3.8, 4) is 11.5 Å². The Morgan fingerprint density at radius 3 is 2.52 bits per heavy atom. The molecular weight excluding hydrogens is 390 g/mol. The topological polar surface area (TPSA) is 80.8 Å². The monoisotopic (exact) mass is 417 g/mol. The fourth-order valence-corrected chi connectivity index (χ4v) is 3.93. The number of nitrogens with zero attached hydrogens (tertiary/aromatic N) is 2. The van der Waals surface area contributed by atoms with Crippen LogP contribution in [0.4, 0.5) is 0 Å². The van der Waals surface area contributed by atoms with Gasteiger partial charge in [-0.05, 0) is 44.0 Å². The Balaban J connectivity index is 1.35. The molecule has 0 aliphatic carbocycles. The molecule has 7 nitrogen and oxygen atoms in total. The summed E-state index contributed by atoms with van der Waals surface area (Å²) in [6, 6.07) is 7.13. The molecule has 0 atom stereocenters. The van der Waals surface area contributed by atoms with E-state index in [1.165, 1.54) is 0 Å².